The van der Waals surface area contributed by atoms with Gasteiger partial charge in [-0.1, -0.05) is 32.9 Å². The Hall–Kier alpha value is -1.22. The molecule has 0 radical (unpaired) electrons. The molecule has 2 nitrogen and oxygen atoms in total. The predicted molar refractivity (Wildman–Crippen MR) is 79.1 cm³/mol. The normalized spacial score (nSPS) is 20.3. The fraction of sp³-hybridized carbons (Fsp3) is 0.588. The Kier molecular flexibility index (Phi) is 4.59. The Balaban J connectivity index is 1.82. The summed E-state index contributed by atoms with van der Waals surface area (Å²) in [4.78, 5) is 14.3. The van der Waals surface area contributed by atoms with Gasteiger partial charge in [0.1, 0.15) is 5.82 Å². The van der Waals surface area contributed by atoms with Crippen molar-refractivity contribution in [2.75, 3.05) is 19.6 Å². The van der Waals surface area contributed by atoms with Gasteiger partial charge in [0.2, 0.25) is 0 Å². The van der Waals surface area contributed by atoms with Crippen molar-refractivity contribution in [3.05, 3.63) is 35.6 Å². The molecule has 1 aromatic rings. The highest BCUT2D eigenvalue weighted by Crippen LogP contribution is 2.33. The van der Waals surface area contributed by atoms with Gasteiger partial charge in [-0.3, -0.25) is 9.69 Å². The third-order valence-corrected chi connectivity index (χ3v) is 4.21. The first-order valence-corrected chi connectivity index (χ1v) is 7.33. The number of nitrogens with zero attached hydrogens (tertiary/aromatic N) is 1. The number of carbonyl (C=O) groups excluding carboxylic acids is 1. The molecular weight excluding hydrogens is 253 g/mol. The summed E-state index contributed by atoms with van der Waals surface area (Å²) in [5.74, 6) is 0.626. The summed E-state index contributed by atoms with van der Waals surface area (Å²) in [5.41, 5.74) is 1.21. The first-order chi connectivity index (χ1) is 9.34. The van der Waals surface area contributed by atoms with Crippen LogP contribution in [0, 0.1) is 17.2 Å². The molecule has 1 saturated heterocycles. The third kappa shape index (κ3) is 4.14. The maximum atomic E-state index is 12.8. The van der Waals surface area contributed by atoms with Crippen molar-refractivity contribution >= 4 is 5.78 Å². The van der Waals surface area contributed by atoms with Gasteiger partial charge < -0.3 is 0 Å². The lowest BCUT2D eigenvalue weighted by Gasteiger charge is -2.27. The van der Waals surface area contributed by atoms with Crippen LogP contribution in [-0.2, 0) is 11.2 Å². The predicted octanol–water partition coefficient (Wildman–Crippen LogP) is 3.31. The molecule has 3 heteroatoms. The van der Waals surface area contributed by atoms with Gasteiger partial charge in [-0.05, 0) is 42.0 Å². The van der Waals surface area contributed by atoms with Crippen LogP contribution in [0.1, 0.15) is 32.8 Å². The van der Waals surface area contributed by atoms with E-state index in [1.165, 1.54) is 18.6 Å². The van der Waals surface area contributed by atoms with Gasteiger partial charge in [0.15, 0.2) is 5.78 Å². The van der Waals surface area contributed by atoms with Crippen LogP contribution in [0.4, 0.5) is 4.39 Å². The van der Waals surface area contributed by atoms with E-state index in [1.54, 1.807) is 12.1 Å². The lowest BCUT2D eigenvalue weighted by atomic mass is 9.80. The van der Waals surface area contributed by atoms with Crippen LogP contribution < -0.4 is 0 Å². The topological polar surface area (TPSA) is 20.3 Å². The molecule has 0 spiro atoms. The standard InChI is InChI=1S/C17H24FNO/c1-17(2,3)14-8-9-19(11-14)12-16(20)10-13-4-6-15(18)7-5-13/h4-7,14H,8-12H2,1-3H3. The molecule has 0 saturated carbocycles. The van der Waals surface area contributed by atoms with Crippen LogP contribution in [0.5, 0.6) is 0 Å². The van der Waals surface area contributed by atoms with Crippen molar-refractivity contribution in [2.45, 2.75) is 33.6 Å². The van der Waals surface area contributed by atoms with Crippen LogP contribution in [0.15, 0.2) is 24.3 Å². The maximum Gasteiger partial charge on any atom is 0.151 e. The summed E-state index contributed by atoms with van der Waals surface area (Å²) in [6.45, 7) is 9.34. The Morgan fingerprint density at radius 3 is 2.50 bits per heavy atom. The van der Waals surface area contributed by atoms with E-state index in [0.717, 1.165) is 18.7 Å². The second kappa shape index (κ2) is 6.04. The van der Waals surface area contributed by atoms with Crippen molar-refractivity contribution in [1.29, 1.82) is 0 Å². The number of carbonyl (C=O) groups is 1. The summed E-state index contributed by atoms with van der Waals surface area (Å²) >= 11 is 0. The highest BCUT2D eigenvalue weighted by atomic mass is 19.1. The van der Waals surface area contributed by atoms with E-state index >= 15 is 0 Å². The Labute approximate surface area is 121 Å². The molecule has 1 fully saturated rings. The summed E-state index contributed by atoms with van der Waals surface area (Å²) in [6, 6.07) is 6.20. The minimum absolute atomic E-state index is 0.214. The van der Waals surface area contributed by atoms with E-state index in [1.807, 2.05) is 0 Å². The molecule has 1 aliphatic rings. The van der Waals surface area contributed by atoms with Gasteiger partial charge in [-0.25, -0.2) is 4.39 Å². The fourth-order valence-corrected chi connectivity index (χ4v) is 2.82. The number of hydrogen-bond donors (Lipinski definition) is 0. The zero-order valence-corrected chi connectivity index (χ0v) is 12.7. The average molecular weight is 277 g/mol. The third-order valence-electron chi connectivity index (χ3n) is 4.21. The molecule has 0 aliphatic carbocycles. The second-order valence-corrected chi connectivity index (χ2v) is 6.93. The quantitative estimate of drug-likeness (QED) is 0.841. The van der Waals surface area contributed by atoms with E-state index < -0.39 is 0 Å². The van der Waals surface area contributed by atoms with Gasteiger partial charge in [-0.2, -0.15) is 0 Å². The minimum Gasteiger partial charge on any atom is -0.298 e. The molecule has 0 N–H and O–H groups in total. The van der Waals surface area contributed by atoms with Crippen molar-refractivity contribution in [2.24, 2.45) is 11.3 Å². The van der Waals surface area contributed by atoms with E-state index in [0.29, 0.717) is 24.3 Å². The molecular formula is C17H24FNO. The zero-order valence-electron chi connectivity index (χ0n) is 12.7. The minimum atomic E-state index is -0.256. The number of ketones is 1. The number of Topliss-reactive ketones (excluding diaryl/α,β-unsaturated/α-hetero) is 1. The van der Waals surface area contributed by atoms with Crippen molar-refractivity contribution in [1.82, 2.24) is 4.90 Å². The Morgan fingerprint density at radius 2 is 1.95 bits per heavy atom. The van der Waals surface area contributed by atoms with Crippen molar-refractivity contribution < 1.29 is 9.18 Å². The Bertz CT molecular complexity index is 461. The summed E-state index contributed by atoms with van der Waals surface area (Å²) in [7, 11) is 0. The molecule has 1 aliphatic heterocycles. The van der Waals surface area contributed by atoms with Crippen LogP contribution in [0.3, 0.4) is 0 Å². The van der Waals surface area contributed by atoms with E-state index in [2.05, 4.69) is 25.7 Å². The van der Waals surface area contributed by atoms with Crippen LogP contribution in [0.25, 0.3) is 0 Å². The largest absolute Gasteiger partial charge is 0.298 e. The van der Waals surface area contributed by atoms with Gasteiger partial charge in [0.05, 0.1) is 6.54 Å². The second-order valence-electron chi connectivity index (χ2n) is 6.93. The number of hydrogen-bond acceptors (Lipinski definition) is 2. The molecule has 0 bridgehead atoms. The van der Waals surface area contributed by atoms with Gasteiger partial charge >= 0.3 is 0 Å². The van der Waals surface area contributed by atoms with Crippen LogP contribution in [0.2, 0.25) is 0 Å². The smallest absolute Gasteiger partial charge is 0.151 e. The van der Waals surface area contributed by atoms with E-state index in [4.69, 9.17) is 0 Å². The summed E-state index contributed by atoms with van der Waals surface area (Å²) in [6.07, 6.45) is 1.57. The SMILES string of the molecule is CC(C)(C)C1CCN(CC(=O)Cc2ccc(F)cc2)C1. The molecule has 110 valence electrons. The van der Waals surface area contributed by atoms with Crippen LogP contribution >= 0.6 is 0 Å². The first kappa shape index (κ1) is 15.2. The van der Waals surface area contributed by atoms with Crippen molar-refractivity contribution in [3.63, 3.8) is 0 Å². The number of rotatable bonds is 4. The lowest BCUT2D eigenvalue weighted by Crippen LogP contribution is -2.31. The fourth-order valence-electron chi connectivity index (χ4n) is 2.82. The van der Waals surface area contributed by atoms with Crippen LogP contribution in [-0.4, -0.2) is 30.3 Å². The van der Waals surface area contributed by atoms with E-state index in [9.17, 15) is 9.18 Å². The highest BCUT2D eigenvalue weighted by Gasteiger charge is 2.32. The molecule has 20 heavy (non-hydrogen) atoms. The number of likely N-dealkylation sites (tertiary alicyclic amines) is 1. The number of benzene rings is 1. The Morgan fingerprint density at radius 1 is 1.30 bits per heavy atom. The lowest BCUT2D eigenvalue weighted by molar-refractivity contribution is -0.119. The van der Waals surface area contributed by atoms with Gasteiger partial charge in [-0.15, -0.1) is 0 Å². The molecule has 2 rings (SSSR count). The first-order valence-electron chi connectivity index (χ1n) is 7.33. The molecule has 1 heterocycles. The van der Waals surface area contributed by atoms with Gasteiger partial charge in [0.25, 0.3) is 0 Å². The molecule has 1 atom stereocenters. The van der Waals surface area contributed by atoms with Crippen molar-refractivity contribution in [3.8, 4) is 0 Å². The monoisotopic (exact) mass is 277 g/mol. The summed E-state index contributed by atoms with van der Waals surface area (Å²) in [5, 5.41) is 0. The maximum absolute atomic E-state index is 12.8. The number of halogens is 1. The average Bonchev–Trinajstić information content (AvgIpc) is 2.80. The molecule has 1 unspecified atom stereocenters. The van der Waals surface area contributed by atoms with Gasteiger partial charge in [0, 0.05) is 13.0 Å². The zero-order chi connectivity index (χ0) is 14.8. The molecule has 1 aromatic carbocycles. The highest BCUT2D eigenvalue weighted by molar-refractivity contribution is 5.82. The molecule has 0 amide bonds. The van der Waals surface area contributed by atoms with E-state index in [-0.39, 0.29) is 11.6 Å². The molecule has 0 aromatic heterocycles. The summed E-state index contributed by atoms with van der Waals surface area (Å²) < 4.78 is 12.8.